The number of amides is 1. The Hall–Kier alpha value is -1.34. The number of hydrogen-bond donors (Lipinski definition) is 2. The minimum absolute atomic E-state index is 0.0727. The van der Waals surface area contributed by atoms with E-state index in [1.54, 1.807) is 16.8 Å². The highest BCUT2D eigenvalue weighted by Crippen LogP contribution is 2.15. The van der Waals surface area contributed by atoms with Crippen molar-refractivity contribution in [1.29, 1.82) is 0 Å². The van der Waals surface area contributed by atoms with Gasteiger partial charge in [0.25, 0.3) is 5.91 Å². The maximum absolute atomic E-state index is 12.1. The van der Waals surface area contributed by atoms with E-state index in [-0.39, 0.29) is 6.61 Å². The Morgan fingerprint density at radius 3 is 2.79 bits per heavy atom. The summed E-state index contributed by atoms with van der Waals surface area (Å²) in [5.41, 5.74) is 0.427. The lowest BCUT2D eigenvalue weighted by Crippen LogP contribution is -2.44. The molecule has 2 N–H and O–H groups in total. The van der Waals surface area contributed by atoms with Crippen LogP contribution in [0, 0.1) is 0 Å². The van der Waals surface area contributed by atoms with E-state index in [2.05, 4.69) is 21.2 Å². The van der Waals surface area contributed by atoms with Crippen LogP contribution >= 0.6 is 15.9 Å². The van der Waals surface area contributed by atoms with Crippen LogP contribution in [0.5, 0.6) is 0 Å². The molecule has 1 rings (SSSR count). The summed E-state index contributed by atoms with van der Waals surface area (Å²) in [4.78, 5) is 23.0. The van der Waals surface area contributed by atoms with Crippen LogP contribution in [0.25, 0.3) is 0 Å². The molecule has 106 valence electrons. The Balaban J connectivity index is 2.84. The second-order valence-electron chi connectivity index (χ2n) is 4.06. The maximum atomic E-state index is 12.1. The summed E-state index contributed by atoms with van der Waals surface area (Å²) < 4.78 is 7.34. The summed E-state index contributed by atoms with van der Waals surface area (Å²) in [5, 5.41) is 11.4. The highest BCUT2D eigenvalue weighted by atomic mass is 79.9. The van der Waals surface area contributed by atoms with Gasteiger partial charge in [-0.3, -0.25) is 4.79 Å². The van der Waals surface area contributed by atoms with Gasteiger partial charge in [0.15, 0.2) is 6.04 Å². The number of ether oxygens (including phenoxy) is 1. The van der Waals surface area contributed by atoms with Gasteiger partial charge in [-0.15, -0.1) is 0 Å². The molecule has 0 bridgehead atoms. The molecule has 0 aliphatic rings. The molecule has 1 amide bonds. The number of hydrogen-bond acceptors (Lipinski definition) is 3. The first kappa shape index (κ1) is 15.7. The molecule has 0 aliphatic carbocycles. The number of nitrogens with one attached hydrogen (secondary N) is 1. The Morgan fingerprint density at radius 1 is 1.58 bits per heavy atom. The number of carbonyl (C=O) groups is 2. The van der Waals surface area contributed by atoms with Gasteiger partial charge in [-0.05, 0) is 28.4 Å². The van der Waals surface area contributed by atoms with Gasteiger partial charge in [-0.1, -0.05) is 6.92 Å². The topological polar surface area (TPSA) is 80.6 Å². The fourth-order valence-corrected chi connectivity index (χ4v) is 2.13. The third-order valence-corrected chi connectivity index (χ3v) is 2.93. The molecular formula is C12H17BrN2O4. The van der Waals surface area contributed by atoms with Gasteiger partial charge in [0.1, 0.15) is 5.69 Å². The van der Waals surface area contributed by atoms with E-state index in [0.717, 1.165) is 10.9 Å². The molecule has 0 aromatic carbocycles. The zero-order valence-corrected chi connectivity index (χ0v) is 12.4. The molecule has 1 unspecified atom stereocenters. The van der Waals surface area contributed by atoms with Crippen LogP contribution in [0.1, 0.15) is 23.8 Å². The van der Waals surface area contributed by atoms with E-state index in [1.165, 1.54) is 7.11 Å². The number of nitrogens with zero attached hydrogens (tertiary/aromatic N) is 1. The van der Waals surface area contributed by atoms with Gasteiger partial charge < -0.3 is 19.7 Å². The number of carbonyl (C=O) groups excluding carboxylic acids is 1. The second kappa shape index (κ2) is 7.30. The second-order valence-corrected chi connectivity index (χ2v) is 4.97. The zero-order valence-electron chi connectivity index (χ0n) is 10.9. The van der Waals surface area contributed by atoms with Crippen molar-refractivity contribution in [2.24, 2.45) is 0 Å². The standard InChI is InChI=1S/C12H17BrN2O4/c1-3-4-15-6-8(13)5-10(15)11(16)14-9(7-19-2)12(17)18/h5-6,9H,3-4,7H2,1-2H3,(H,14,16)(H,17,18). The van der Waals surface area contributed by atoms with E-state index in [0.29, 0.717) is 12.2 Å². The molecule has 0 fully saturated rings. The SMILES string of the molecule is CCCn1cc(Br)cc1C(=O)NC(COC)C(=O)O. The maximum Gasteiger partial charge on any atom is 0.328 e. The summed E-state index contributed by atoms with van der Waals surface area (Å²) in [6.07, 6.45) is 2.67. The van der Waals surface area contributed by atoms with E-state index >= 15 is 0 Å². The first-order valence-corrected chi connectivity index (χ1v) is 6.67. The predicted octanol–water partition coefficient (Wildman–Crippen LogP) is 1.49. The molecule has 1 aromatic rings. The normalized spacial score (nSPS) is 12.2. The smallest absolute Gasteiger partial charge is 0.328 e. The molecule has 7 heteroatoms. The van der Waals surface area contributed by atoms with Gasteiger partial charge >= 0.3 is 5.97 Å². The molecule has 0 saturated carbocycles. The van der Waals surface area contributed by atoms with Gasteiger partial charge in [0, 0.05) is 24.3 Å². The minimum Gasteiger partial charge on any atom is -0.480 e. The van der Waals surface area contributed by atoms with Crippen LogP contribution in [0.2, 0.25) is 0 Å². The number of aryl methyl sites for hydroxylation is 1. The van der Waals surface area contributed by atoms with Crippen molar-refractivity contribution >= 4 is 27.8 Å². The summed E-state index contributed by atoms with van der Waals surface area (Å²) in [6, 6.07) is 0.609. The van der Waals surface area contributed by atoms with E-state index in [9.17, 15) is 9.59 Å². The molecule has 0 saturated heterocycles. The van der Waals surface area contributed by atoms with Crippen molar-refractivity contribution < 1.29 is 19.4 Å². The number of aromatic nitrogens is 1. The van der Waals surface area contributed by atoms with Crippen molar-refractivity contribution in [3.8, 4) is 0 Å². The molecule has 1 atom stereocenters. The summed E-state index contributed by atoms with van der Waals surface area (Å²) in [5.74, 6) is -1.55. The fourth-order valence-electron chi connectivity index (χ4n) is 1.66. The lowest BCUT2D eigenvalue weighted by Gasteiger charge is -2.14. The summed E-state index contributed by atoms with van der Waals surface area (Å²) in [6.45, 7) is 2.62. The van der Waals surface area contributed by atoms with Gasteiger partial charge in [-0.2, -0.15) is 0 Å². The summed E-state index contributed by atoms with van der Waals surface area (Å²) >= 11 is 3.31. The average molecular weight is 333 g/mol. The lowest BCUT2D eigenvalue weighted by atomic mass is 10.3. The number of aliphatic carboxylic acids is 1. The lowest BCUT2D eigenvalue weighted by molar-refractivity contribution is -0.140. The van der Waals surface area contributed by atoms with Crippen molar-refractivity contribution in [3.05, 3.63) is 22.4 Å². The van der Waals surface area contributed by atoms with Crippen LogP contribution in [0.3, 0.4) is 0 Å². The van der Waals surface area contributed by atoms with Gasteiger partial charge in [0.05, 0.1) is 6.61 Å². The van der Waals surface area contributed by atoms with Gasteiger partial charge in [0.2, 0.25) is 0 Å². The Bertz CT molecular complexity index is 459. The number of carboxylic acids is 1. The number of methoxy groups -OCH3 is 1. The largest absolute Gasteiger partial charge is 0.480 e. The number of carboxylic acid groups (broad SMARTS) is 1. The third kappa shape index (κ3) is 4.36. The van der Waals surface area contributed by atoms with Crippen LogP contribution < -0.4 is 5.32 Å². The fraction of sp³-hybridized carbons (Fsp3) is 0.500. The molecule has 0 spiro atoms. The summed E-state index contributed by atoms with van der Waals surface area (Å²) in [7, 11) is 1.39. The Morgan fingerprint density at radius 2 is 2.26 bits per heavy atom. The van der Waals surface area contributed by atoms with Crippen molar-refractivity contribution in [2.75, 3.05) is 13.7 Å². The first-order valence-electron chi connectivity index (χ1n) is 5.87. The quantitative estimate of drug-likeness (QED) is 0.792. The van der Waals surface area contributed by atoms with E-state index in [4.69, 9.17) is 9.84 Å². The van der Waals surface area contributed by atoms with Crippen LogP contribution in [0.4, 0.5) is 0 Å². The highest BCUT2D eigenvalue weighted by molar-refractivity contribution is 9.10. The molecule has 6 nitrogen and oxygen atoms in total. The van der Waals surface area contributed by atoms with Crippen LogP contribution in [-0.2, 0) is 16.1 Å². The average Bonchev–Trinajstić information content (AvgIpc) is 2.70. The Kier molecular flexibility index (Phi) is 6.04. The van der Waals surface area contributed by atoms with Gasteiger partial charge in [-0.25, -0.2) is 4.79 Å². The van der Waals surface area contributed by atoms with Crippen molar-refractivity contribution in [1.82, 2.24) is 9.88 Å². The molecule has 1 heterocycles. The molecule has 1 aromatic heterocycles. The molecule has 0 radical (unpaired) electrons. The Labute approximate surface area is 119 Å². The van der Waals surface area contributed by atoms with Crippen molar-refractivity contribution in [2.45, 2.75) is 25.9 Å². The van der Waals surface area contributed by atoms with Crippen molar-refractivity contribution in [3.63, 3.8) is 0 Å². The molecule has 19 heavy (non-hydrogen) atoms. The van der Waals surface area contributed by atoms with E-state index in [1.807, 2.05) is 6.92 Å². The zero-order chi connectivity index (χ0) is 14.4. The monoisotopic (exact) mass is 332 g/mol. The number of rotatable bonds is 7. The first-order chi connectivity index (χ1) is 8.99. The van der Waals surface area contributed by atoms with Crippen LogP contribution in [-0.4, -0.2) is 41.3 Å². The highest BCUT2D eigenvalue weighted by Gasteiger charge is 2.22. The van der Waals surface area contributed by atoms with Crippen LogP contribution in [0.15, 0.2) is 16.7 Å². The minimum atomic E-state index is -1.12. The van der Waals surface area contributed by atoms with E-state index < -0.39 is 17.9 Å². The molecule has 0 aliphatic heterocycles. The number of halogens is 1. The predicted molar refractivity (Wildman–Crippen MR) is 73.2 cm³/mol. The molecular weight excluding hydrogens is 316 g/mol. The third-order valence-electron chi connectivity index (χ3n) is 2.50.